The number of unbranched alkanes of at least 4 members (excludes halogenated alkanes) is 3. The van der Waals surface area contributed by atoms with E-state index in [2.05, 4.69) is 11.9 Å². The number of thiazole rings is 1. The highest BCUT2D eigenvalue weighted by atomic mass is 32.1. The third kappa shape index (κ3) is 6.34. The van der Waals surface area contributed by atoms with E-state index in [-0.39, 0.29) is 16.5 Å². The van der Waals surface area contributed by atoms with Crippen molar-refractivity contribution in [3.05, 3.63) is 93.7 Å². The quantitative estimate of drug-likeness (QED) is 0.153. The molecule has 0 saturated carbocycles. The van der Waals surface area contributed by atoms with E-state index >= 15 is 0 Å². The normalized spacial score (nSPS) is 15.4. The van der Waals surface area contributed by atoms with E-state index in [9.17, 15) is 19.5 Å². The van der Waals surface area contributed by atoms with Crippen LogP contribution in [0.3, 0.4) is 0 Å². The van der Waals surface area contributed by atoms with E-state index in [1.54, 1.807) is 37.3 Å². The summed E-state index contributed by atoms with van der Waals surface area (Å²) < 4.78 is 5.86. The highest BCUT2D eigenvalue weighted by Gasteiger charge is 2.45. The van der Waals surface area contributed by atoms with Crippen LogP contribution in [0.25, 0.3) is 6.08 Å². The Bertz CT molecular complexity index is 1410. The maximum Gasteiger partial charge on any atom is 0.296 e. The Morgan fingerprint density at radius 3 is 2.44 bits per heavy atom. The second-order valence-corrected chi connectivity index (χ2v) is 10.4. The number of hydrogen-bond donors (Lipinski definition) is 1. The number of ketones is 2. The molecule has 8 heteroatoms. The highest BCUT2D eigenvalue weighted by molar-refractivity contribution is 7.17. The molecule has 1 aromatic heterocycles. The summed E-state index contributed by atoms with van der Waals surface area (Å²) in [6.07, 6.45) is 7.39. The fraction of sp³-hybridized carbons (Fsp3) is 0.290. The average molecular weight is 545 g/mol. The first-order valence-corrected chi connectivity index (χ1v) is 13.9. The van der Waals surface area contributed by atoms with Crippen molar-refractivity contribution in [2.75, 3.05) is 11.5 Å². The minimum Gasteiger partial charge on any atom is -0.503 e. The number of benzene rings is 2. The van der Waals surface area contributed by atoms with Crippen LogP contribution in [0.15, 0.2) is 72.0 Å². The lowest BCUT2D eigenvalue weighted by Crippen LogP contribution is -2.30. The standard InChI is InChI=1S/C31H32N2O5S/c1-4-5-6-10-19-38-24-16-14-23(15-17-24)27-26(25(35)18-13-22-11-8-7-9-12-22)28(36)30(37)33(27)31-32-20(2)29(39-31)21(3)34/h7-9,11-18,27,36H,4-6,10,19H2,1-3H3. The molecule has 0 saturated heterocycles. The summed E-state index contributed by atoms with van der Waals surface area (Å²) in [7, 11) is 0. The molecule has 0 spiro atoms. The Hall–Kier alpha value is -4.04. The molecule has 2 aromatic carbocycles. The number of aliphatic hydroxyl groups excluding tert-OH is 1. The minimum atomic E-state index is -0.922. The van der Waals surface area contributed by atoms with Crippen molar-refractivity contribution in [2.45, 2.75) is 52.5 Å². The minimum absolute atomic E-state index is 0.0438. The molecule has 0 radical (unpaired) electrons. The Labute approximate surface area is 232 Å². The molecule has 1 aliphatic rings. The van der Waals surface area contributed by atoms with E-state index < -0.39 is 23.5 Å². The monoisotopic (exact) mass is 544 g/mol. The van der Waals surface area contributed by atoms with Crippen LogP contribution in [-0.4, -0.2) is 34.2 Å². The van der Waals surface area contributed by atoms with Gasteiger partial charge < -0.3 is 9.84 Å². The third-order valence-electron chi connectivity index (χ3n) is 6.47. The Morgan fingerprint density at radius 2 is 1.79 bits per heavy atom. The summed E-state index contributed by atoms with van der Waals surface area (Å²) >= 11 is 1.07. The van der Waals surface area contributed by atoms with Crippen LogP contribution in [0.2, 0.25) is 0 Å². The van der Waals surface area contributed by atoms with Gasteiger partial charge in [-0.05, 0) is 42.7 Å². The van der Waals surface area contributed by atoms with Crippen LogP contribution in [0.5, 0.6) is 5.75 Å². The lowest BCUT2D eigenvalue weighted by Gasteiger charge is -2.24. The van der Waals surface area contributed by atoms with Gasteiger partial charge in [0, 0.05) is 6.92 Å². The number of allylic oxidation sites excluding steroid dienone is 1. The number of aliphatic hydroxyl groups is 1. The van der Waals surface area contributed by atoms with Gasteiger partial charge in [-0.15, -0.1) is 0 Å². The maximum absolute atomic E-state index is 13.4. The summed E-state index contributed by atoms with van der Waals surface area (Å²) in [5.74, 6) is -1.35. The first-order valence-electron chi connectivity index (χ1n) is 13.1. The smallest absolute Gasteiger partial charge is 0.296 e. The number of carbonyl (C=O) groups excluding carboxylic acids is 3. The van der Waals surface area contributed by atoms with Crippen LogP contribution in [0.4, 0.5) is 5.13 Å². The van der Waals surface area contributed by atoms with Gasteiger partial charge in [0.25, 0.3) is 5.91 Å². The Balaban J connectivity index is 1.68. The number of carbonyl (C=O) groups is 3. The Kier molecular flexibility index (Phi) is 9.09. The molecule has 3 aromatic rings. The van der Waals surface area contributed by atoms with Crippen LogP contribution >= 0.6 is 11.3 Å². The number of rotatable bonds is 12. The van der Waals surface area contributed by atoms with E-state index in [0.29, 0.717) is 28.5 Å². The van der Waals surface area contributed by atoms with E-state index in [1.807, 2.05) is 30.3 Å². The molecule has 39 heavy (non-hydrogen) atoms. The number of ether oxygens (including phenoxy) is 1. The summed E-state index contributed by atoms with van der Waals surface area (Å²) in [4.78, 5) is 45.1. The van der Waals surface area contributed by atoms with Crippen molar-refractivity contribution in [3.63, 3.8) is 0 Å². The fourth-order valence-corrected chi connectivity index (χ4v) is 5.46. The lowest BCUT2D eigenvalue weighted by molar-refractivity contribution is -0.117. The SMILES string of the molecule is CCCCCCOc1ccc(C2C(C(=O)C=Cc3ccccc3)=C(O)C(=O)N2c2nc(C)c(C(C)=O)s2)cc1. The molecular formula is C31H32N2O5S. The molecule has 1 amide bonds. The fourth-order valence-electron chi connectivity index (χ4n) is 4.47. The highest BCUT2D eigenvalue weighted by Crippen LogP contribution is 2.43. The van der Waals surface area contributed by atoms with Gasteiger partial charge in [0.1, 0.15) is 5.75 Å². The molecule has 0 fully saturated rings. The molecule has 1 N–H and O–H groups in total. The van der Waals surface area contributed by atoms with Gasteiger partial charge >= 0.3 is 0 Å². The first-order chi connectivity index (χ1) is 18.8. The van der Waals surface area contributed by atoms with Gasteiger partial charge in [0.15, 0.2) is 22.5 Å². The summed E-state index contributed by atoms with van der Waals surface area (Å²) in [6.45, 7) is 5.90. The van der Waals surface area contributed by atoms with Gasteiger partial charge in [-0.3, -0.25) is 19.3 Å². The third-order valence-corrected chi connectivity index (χ3v) is 7.73. The van der Waals surface area contributed by atoms with Gasteiger partial charge in [-0.2, -0.15) is 0 Å². The predicted molar refractivity (Wildman–Crippen MR) is 153 cm³/mol. The van der Waals surface area contributed by atoms with Crippen molar-refractivity contribution >= 4 is 40.0 Å². The van der Waals surface area contributed by atoms with Gasteiger partial charge in [0.05, 0.1) is 28.8 Å². The van der Waals surface area contributed by atoms with Crippen LogP contribution in [0, 0.1) is 6.92 Å². The van der Waals surface area contributed by atoms with Crippen molar-refractivity contribution < 1.29 is 24.2 Å². The van der Waals surface area contributed by atoms with Gasteiger partial charge in [-0.25, -0.2) is 4.98 Å². The second kappa shape index (κ2) is 12.7. The maximum atomic E-state index is 13.4. The molecule has 1 atom stereocenters. The molecular weight excluding hydrogens is 512 g/mol. The number of aryl methyl sites for hydroxylation is 1. The zero-order valence-corrected chi connectivity index (χ0v) is 23.2. The molecule has 0 bridgehead atoms. The Morgan fingerprint density at radius 1 is 1.08 bits per heavy atom. The summed E-state index contributed by atoms with van der Waals surface area (Å²) in [6, 6.07) is 15.5. The number of nitrogens with zero attached hydrogens (tertiary/aromatic N) is 2. The lowest BCUT2D eigenvalue weighted by atomic mass is 9.95. The molecule has 7 nitrogen and oxygen atoms in total. The van der Waals surface area contributed by atoms with Crippen LogP contribution in [-0.2, 0) is 9.59 Å². The second-order valence-electron chi connectivity index (χ2n) is 9.39. The summed E-state index contributed by atoms with van der Waals surface area (Å²) in [5, 5.41) is 11.2. The average Bonchev–Trinajstić information content (AvgIpc) is 3.45. The van der Waals surface area contributed by atoms with E-state index in [0.717, 1.165) is 36.2 Å². The topological polar surface area (TPSA) is 96.8 Å². The number of aromatic nitrogens is 1. The zero-order valence-electron chi connectivity index (χ0n) is 22.3. The van der Waals surface area contributed by atoms with Gasteiger partial charge in [-0.1, -0.05) is 86.1 Å². The van der Waals surface area contributed by atoms with Crippen LogP contribution < -0.4 is 9.64 Å². The van der Waals surface area contributed by atoms with Crippen molar-refractivity contribution in [2.24, 2.45) is 0 Å². The zero-order chi connectivity index (χ0) is 27.9. The largest absolute Gasteiger partial charge is 0.503 e. The number of anilines is 1. The first kappa shape index (κ1) is 28.0. The van der Waals surface area contributed by atoms with E-state index in [1.165, 1.54) is 24.3 Å². The van der Waals surface area contributed by atoms with E-state index in [4.69, 9.17) is 4.74 Å². The molecule has 2 heterocycles. The number of amides is 1. The molecule has 4 rings (SSSR count). The number of hydrogen-bond acceptors (Lipinski definition) is 7. The van der Waals surface area contributed by atoms with Crippen molar-refractivity contribution in [1.82, 2.24) is 4.98 Å². The van der Waals surface area contributed by atoms with Crippen LogP contribution in [0.1, 0.15) is 72.1 Å². The molecule has 1 unspecified atom stereocenters. The molecule has 0 aliphatic carbocycles. The van der Waals surface area contributed by atoms with Crippen molar-refractivity contribution in [1.29, 1.82) is 0 Å². The van der Waals surface area contributed by atoms with Gasteiger partial charge in [0.2, 0.25) is 0 Å². The summed E-state index contributed by atoms with van der Waals surface area (Å²) in [5.41, 5.74) is 1.87. The molecule has 202 valence electrons. The number of Topliss-reactive ketones (excluding diaryl/α,β-unsaturated/α-hetero) is 1. The van der Waals surface area contributed by atoms with Crippen molar-refractivity contribution in [3.8, 4) is 5.75 Å². The molecule has 1 aliphatic heterocycles. The predicted octanol–water partition coefficient (Wildman–Crippen LogP) is 6.80.